The second kappa shape index (κ2) is 6.91. The van der Waals surface area contributed by atoms with Crippen LogP contribution in [0.1, 0.15) is 18.4 Å². The fourth-order valence-corrected chi connectivity index (χ4v) is 4.28. The Labute approximate surface area is 145 Å². The van der Waals surface area contributed by atoms with E-state index in [1.54, 1.807) is 23.7 Å². The number of ether oxygens (including phenoxy) is 2. The number of carbonyl (C=O) groups excluding carboxylic acids is 1. The van der Waals surface area contributed by atoms with Gasteiger partial charge in [-0.05, 0) is 47.4 Å². The summed E-state index contributed by atoms with van der Waals surface area (Å²) in [5.74, 6) is 0.946. The fraction of sp³-hybridized carbons (Fsp3) is 0.444. The van der Waals surface area contributed by atoms with Gasteiger partial charge in [0.1, 0.15) is 18.0 Å². The Bertz CT molecular complexity index is 677. The molecule has 1 saturated carbocycles. The highest BCUT2D eigenvalue weighted by atomic mass is 32.1. The van der Waals surface area contributed by atoms with E-state index in [0.717, 1.165) is 24.2 Å². The molecule has 3 atom stereocenters. The first-order chi connectivity index (χ1) is 11.8. The van der Waals surface area contributed by atoms with Crippen LogP contribution >= 0.6 is 11.3 Å². The van der Waals surface area contributed by atoms with Gasteiger partial charge in [-0.15, -0.1) is 0 Å². The molecular formula is C18H20N2O3S. The van der Waals surface area contributed by atoms with Gasteiger partial charge in [-0.3, -0.25) is 9.78 Å². The molecule has 0 radical (unpaired) electrons. The lowest BCUT2D eigenvalue weighted by Gasteiger charge is -2.39. The highest BCUT2D eigenvalue weighted by Crippen LogP contribution is 2.33. The molecule has 4 rings (SSSR count). The van der Waals surface area contributed by atoms with Crippen molar-refractivity contribution in [3.05, 3.63) is 46.9 Å². The molecule has 0 unspecified atom stereocenters. The third kappa shape index (κ3) is 3.16. The number of fused-ring (bicyclic) bond motifs is 1. The SMILES string of the molecule is O=C(Cc1ccsc1)N1CCO[C@H]2[C@@H](Oc3cccnc3)CC[C@@H]21. The Hall–Kier alpha value is -1.92. The van der Waals surface area contributed by atoms with E-state index in [-0.39, 0.29) is 24.2 Å². The minimum atomic E-state index is -0.0506. The van der Waals surface area contributed by atoms with Crippen LogP contribution in [0.4, 0.5) is 0 Å². The van der Waals surface area contributed by atoms with E-state index in [1.807, 2.05) is 33.9 Å². The van der Waals surface area contributed by atoms with Gasteiger partial charge in [0.25, 0.3) is 0 Å². The third-order valence-electron chi connectivity index (χ3n) is 4.71. The molecule has 0 aromatic carbocycles. The lowest BCUT2D eigenvalue weighted by molar-refractivity contribution is -0.146. The molecule has 2 fully saturated rings. The Balaban J connectivity index is 1.43. The molecule has 2 aromatic heterocycles. The summed E-state index contributed by atoms with van der Waals surface area (Å²) in [5.41, 5.74) is 1.09. The maximum atomic E-state index is 12.7. The quantitative estimate of drug-likeness (QED) is 0.855. The Morgan fingerprint density at radius 3 is 3.17 bits per heavy atom. The first-order valence-electron chi connectivity index (χ1n) is 8.30. The zero-order valence-corrected chi connectivity index (χ0v) is 14.2. The molecule has 1 saturated heterocycles. The van der Waals surface area contributed by atoms with Gasteiger partial charge in [-0.2, -0.15) is 11.3 Å². The summed E-state index contributed by atoms with van der Waals surface area (Å²) in [6.45, 7) is 1.24. The van der Waals surface area contributed by atoms with Crippen LogP contribution < -0.4 is 4.74 Å². The number of morpholine rings is 1. The average molecular weight is 344 g/mol. The van der Waals surface area contributed by atoms with E-state index in [1.165, 1.54) is 0 Å². The maximum absolute atomic E-state index is 12.7. The van der Waals surface area contributed by atoms with Crippen LogP contribution in [-0.2, 0) is 16.0 Å². The fourth-order valence-electron chi connectivity index (χ4n) is 3.61. The van der Waals surface area contributed by atoms with Crippen molar-refractivity contribution in [1.82, 2.24) is 9.88 Å². The van der Waals surface area contributed by atoms with Crippen molar-refractivity contribution in [2.24, 2.45) is 0 Å². The van der Waals surface area contributed by atoms with E-state index >= 15 is 0 Å². The van der Waals surface area contributed by atoms with E-state index in [4.69, 9.17) is 9.47 Å². The molecule has 24 heavy (non-hydrogen) atoms. The Kier molecular flexibility index (Phi) is 4.49. The van der Waals surface area contributed by atoms with Crippen molar-refractivity contribution in [1.29, 1.82) is 0 Å². The Morgan fingerprint density at radius 1 is 1.42 bits per heavy atom. The molecule has 0 spiro atoms. The Morgan fingerprint density at radius 2 is 2.38 bits per heavy atom. The number of carbonyl (C=O) groups is 1. The van der Waals surface area contributed by atoms with Crippen LogP contribution in [0.25, 0.3) is 0 Å². The predicted molar refractivity (Wildman–Crippen MR) is 91.2 cm³/mol. The maximum Gasteiger partial charge on any atom is 0.227 e. The number of aromatic nitrogens is 1. The van der Waals surface area contributed by atoms with Crippen LogP contribution in [0.5, 0.6) is 5.75 Å². The first kappa shape index (κ1) is 15.6. The van der Waals surface area contributed by atoms with Gasteiger partial charge in [-0.1, -0.05) is 0 Å². The van der Waals surface area contributed by atoms with Gasteiger partial charge in [0.05, 0.1) is 25.3 Å². The molecule has 0 bridgehead atoms. The summed E-state index contributed by atoms with van der Waals surface area (Å²) in [6.07, 6.45) is 5.67. The molecule has 1 aliphatic heterocycles. The van der Waals surface area contributed by atoms with Crippen LogP contribution in [0, 0.1) is 0 Å². The largest absolute Gasteiger partial charge is 0.486 e. The number of nitrogens with zero attached hydrogens (tertiary/aromatic N) is 2. The molecule has 6 heteroatoms. The number of pyridine rings is 1. The van der Waals surface area contributed by atoms with E-state index in [0.29, 0.717) is 19.6 Å². The second-order valence-corrected chi connectivity index (χ2v) is 7.00. The molecule has 3 heterocycles. The van der Waals surface area contributed by atoms with Gasteiger partial charge in [0.15, 0.2) is 0 Å². The normalized spacial score (nSPS) is 26.2. The molecule has 2 aliphatic rings. The molecule has 5 nitrogen and oxygen atoms in total. The molecule has 126 valence electrons. The van der Waals surface area contributed by atoms with Crippen molar-refractivity contribution < 1.29 is 14.3 Å². The first-order valence-corrected chi connectivity index (χ1v) is 9.24. The van der Waals surface area contributed by atoms with Crippen molar-refractivity contribution in [2.45, 2.75) is 37.5 Å². The summed E-state index contributed by atoms with van der Waals surface area (Å²) < 4.78 is 12.0. The minimum absolute atomic E-state index is 0.0176. The zero-order chi connectivity index (χ0) is 16.4. The van der Waals surface area contributed by atoms with Gasteiger partial charge in [-0.25, -0.2) is 0 Å². The van der Waals surface area contributed by atoms with Gasteiger partial charge < -0.3 is 14.4 Å². The van der Waals surface area contributed by atoms with Crippen LogP contribution in [-0.4, -0.2) is 47.2 Å². The number of rotatable bonds is 4. The predicted octanol–water partition coefficient (Wildman–Crippen LogP) is 2.52. The monoisotopic (exact) mass is 344 g/mol. The molecule has 1 amide bonds. The second-order valence-electron chi connectivity index (χ2n) is 6.22. The van der Waals surface area contributed by atoms with Crippen LogP contribution in [0.15, 0.2) is 41.4 Å². The summed E-state index contributed by atoms with van der Waals surface area (Å²) >= 11 is 1.63. The third-order valence-corrected chi connectivity index (χ3v) is 5.45. The van der Waals surface area contributed by atoms with E-state index < -0.39 is 0 Å². The number of amides is 1. The van der Waals surface area contributed by atoms with Crippen molar-refractivity contribution in [3.8, 4) is 5.75 Å². The zero-order valence-electron chi connectivity index (χ0n) is 13.3. The average Bonchev–Trinajstić information content (AvgIpc) is 3.26. The van der Waals surface area contributed by atoms with Crippen molar-refractivity contribution in [3.63, 3.8) is 0 Å². The van der Waals surface area contributed by atoms with Gasteiger partial charge in [0.2, 0.25) is 5.91 Å². The van der Waals surface area contributed by atoms with Crippen molar-refractivity contribution >= 4 is 17.2 Å². The number of hydrogen-bond donors (Lipinski definition) is 0. The summed E-state index contributed by atoms with van der Waals surface area (Å²) in [7, 11) is 0. The van der Waals surface area contributed by atoms with Gasteiger partial charge >= 0.3 is 0 Å². The lowest BCUT2D eigenvalue weighted by atomic mass is 10.1. The van der Waals surface area contributed by atoms with E-state index in [9.17, 15) is 4.79 Å². The molecular weight excluding hydrogens is 324 g/mol. The van der Waals surface area contributed by atoms with Crippen molar-refractivity contribution in [2.75, 3.05) is 13.2 Å². The topological polar surface area (TPSA) is 51.7 Å². The standard InChI is InChI=1S/C18H20N2O3S/c21-17(10-13-5-9-24-12-13)20-7-8-22-18-15(20)3-4-16(18)23-14-2-1-6-19-11-14/h1-2,5-6,9,11-12,15-16,18H,3-4,7-8,10H2/t15-,16-,18+/m0/s1. The highest BCUT2D eigenvalue weighted by Gasteiger charge is 2.45. The summed E-state index contributed by atoms with van der Waals surface area (Å²) in [4.78, 5) is 18.8. The van der Waals surface area contributed by atoms with E-state index in [2.05, 4.69) is 4.98 Å². The van der Waals surface area contributed by atoms with Crippen LogP contribution in [0.3, 0.4) is 0 Å². The smallest absolute Gasteiger partial charge is 0.227 e. The molecule has 0 N–H and O–H groups in total. The molecule has 2 aromatic rings. The number of thiophene rings is 1. The summed E-state index contributed by atoms with van der Waals surface area (Å²) in [6, 6.07) is 5.90. The molecule has 1 aliphatic carbocycles. The highest BCUT2D eigenvalue weighted by molar-refractivity contribution is 7.08. The lowest BCUT2D eigenvalue weighted by Crippen LogP contribution is -2.54. The number of hydrogen-bond acceptors (Lipinski definition) is 5. The van der Waals surface area contributed by atoms with Gasteiger partial charge in [0, 0.05) is 12.7 Å². The summed E-state index contributed by atoms with van der Waals surface area (Å²) in [5, 5.41) is 4.05. The minimum Gasteiger partial charge on any atom is -0.486 e. The van der Waals surface area contributed by atoms with Crippen LogP contribution in [0.2, 0.25) is 0 Å².